The Hall–Kier alpha value is -1.44. The van der Waals surface area contributed by atoms with Crippen molar-refractivity contribution in [3.63, 3.8) is 0 Å². The van der Waals surface area contributed by atoms with E-state index in [1.807, 2.05) is 11.8 Å². The Morgan fingerprint density at radius 2 is 1.87 bits per heavy atom. The van der Waals surface area contributed by atoms with Crippen molar-refractivity contribution in [3.8, 4) is 0 Å². The highest BCUT2D eigenvalue weighted by atomic mass is 32.2. The van der Waals surface area contributed by atoms with Crippen LogP contribution in [-0.4, -0.2) is 50.4 Å². The molecule has 0 radical (unpaired) electrons. The molecule has 2 bridgehead atoms. The summed E-state index contributed by atoms with van der Waals surface area (Å²) >= 11 is 0. The maximum absolute atomic E-state index is 13.9. The summed E-state index contributed by atoms with van der Waals surface area (Å²) in [7, 11) is -3.17. The smallest absolute Gasteiger partial charge is 0.235 e. The average Bonchev–Trinajstić information content (AvgIpc) is 3.19. The predicted molar refractivity (Wildman–Crippen MR) is 114 cm³/mol. The Labute approximate surface area is 178 Å². The molecular weight excluding hydrogens is 402 g/mol. The molecule has 7 heteroatoms. The number of rotatable bonds is 3. The number of hydrogen-bond acceptors (Lipinski definition) is 5. The summed E-state index contributed by atoms with van der Waals surface area (Å²) in [4.78, 5) is 15.8. The van der Waals surface area contributed by atoms with Crippen LogP contribution in [0.4, 0.5) is 5.69 Å². The Balaban J connectivity index is 1.63. The van der Waals surface area contributed by atoms with Gasteiger partial charge in [-0.05, 0) is 69.4 Å². The summed E-state index contributed by atoms with van der Waals surface area (Å²) < 4.78 is 37.0. The zero-order chi connectivity index (χ0) is 21.8. The van der Waals surface area contributed by atoms with E-state index in [2.05, 4.69) is 33.8 Å². The van der Waals surface area contributed by atoms with Crippen molar-refractivity contribution >= 4 is 21.4 Å². The van der Waals surface area contributed by atoms with Crippen LogP contribution in [0.1, 0.15) is 42.0 Å². The molecule has 1 amide bonds. The molecule has 1 aromatic rings. The summed E-state index contributed by atoms with van der Waals surface area (Å²) in [5.74, 6) is -0.514. The number of aryl methyl sites for hydroxylation is 1. The van der Waals surface area contributed by atoms with Gasteiger partial charge in [0.2, 0.25) is 5.91 Å². The van der Waals surface area contributed by atoms with Crippen molar-refractivity contribution in [3.05, 3.63) is 28.3 Å². The van der Waals surface area contributed by atoms with Gasteiger partial charge in [0, 0.05) is 30.2 Å². The first-order valence-electron chi connectivity index (χ1n) is 10.8. The Kier molecular flexibility index (Phi) is 4.15. The van der Waals surface area contributed by atoms with Gasteiger partial charge in [0.05, 0.1) is 29.5 Å². The lowest BCUT2D eigenvalue weighted by Crippen LogP contribution is -2.52. The quantitative estimate of drug-likeness (QED) is 0.733. The number of carbonyl (C=O) groups excluding carboxylic acids is 1. The van der Waals surface area contributed by atoms with E-state index in [1.165, 1.54) is 17.4 Å². The van der Waals surface area contributed by atoms with Gasteiger partial charge in [-0.3, -0.25) is 9.69 Å². The minimum absolute atomic E-state index is 0.0141. The second-order valence-corrected chi connectivity index (χ2v) is 12.3. The molecule has 0 saturated carbocycles. The molecule has 4 fully saturated rings. The average molecular weight is 434 g/mol. The Morgan fingerprint density at radius 3 is 2.53 bits per heavy atom. The third kappa shape index (κ3) is 2.49. The molecule has 164 valence electrons. The third-order valence-electron chi connectivity index (χ3n) is 8.51. The fourth-order valence-corrected chi connectivity index (χ4v) is 7.94. The van der Waals surface area contributed by atoms with Crippen molar-refractivity contribution in [2.24, 2.45) is 17.8 Å². The number of benzene rings is 1. The normalized spacial score (nSPS) is 39.7. The summed E-state index contributed by atoms with van der Waals surface area (Å²) in [6, 6.07) is 2.10. The molecule has 0 unspecified atom stereocenters. The van der Waals surface area contributed by atoms with Crippen LogP contribution in [0.15, 0.2) is 6.07 Å². The van der Waals surface area contributed by atoms with E-state index in [-0.39, 0.29) is 35.6 Å². The number of sulfone groups is 1. The van der Waals surface area contributed by atoms with Gasteiger partial charge in [-0.1, -0.05) is 0 Å². The Morgan fingerprint density at radius 1 is 1.17 bits per heavy atom. The fraction of sp³-hybridized carbons (Fsp3) is 0.696. The summed E-state index contributed by atoms with van der Waals surface area (Å²) in [6.07, 6.45) is 2.32. The molecule has 4 aliphatic rings. The predicted octanol–water partition coefficient (Wildman–Crippen LogP) is 2.84. The fourth-order valence-electron chi connectivity index (χ4n) is 6.76. The molecule has 4 saturated heterocycles. The topological polar surface area (TPSA) is 72.9 Å². The lowest BCUT2D eigenvalue weighted by Gasteiger charge is -2.43. The highest BCUT2D eigenvalue weighted by Gasteiger charge is 2.77. The van der Waals surface area contributed by atoms with Crippen LogP contribution in [0.2, 0.25) is 0 Å². The molecule has 5 rings (SSSR count). The number of carbonyl (C=O) groups is 1. The summed E-state index contributed by atoms with van der Waals surface area (Å²) in [5, 5.41) is 0. The largest absolute Gasteiger partial charge is 0.367 e. The molecule has 4 heterocycles. The number of fused-ring (bicyclic) bond motifs is 2. The van der Waals surface area contributed by atoms with E-state index < -0.39 is 21.0 Å². The molecule has 6 atom stereocenters. The maximum atomic E-state index is 13.9. The van der Waals surface area contributed by atoms with E-state index in [0.29, 0.717) is 19.4 Å². The molecule has 6 nitrogen and oxygen atoms in total. The Bertz CT molecular complexity index is 1070. The zero-order valence-electron chi connectivity index (χ0n) is 18.6. The second-order valence-electron chi connectivity index (χ2n) is 10.2. The first kappa shape index (κ1) is 20.5. The standard InChI is InChI=1S/C23H31NO5S/c1-12-9-17(15(4)14(3)13(12)2)24-20(25)18-19-21(24)28-8-7-23(19)10-16(11-30(6,26)27)22(18,5)29-23/h9,16,18-19,21H,7-8,10-11H2,1-6H3/t16-,18+,19-,21-,22+,23-/m0/s1. The van der Waals surface area contributed by atoms with Crippen molar-refractivity contribution < 1.29 is 22.7 Å². The van der Waals surface area contributed by atoms with Crippen molar-refractivity contribution in [1.29, 1.82) is 0 Å². The van der Waals surface area contributed by atoms with Crippen molar-refractivity contribution in [1.82, 2.24) is 0 Å². The van der Waals surface area contributed by atoms with Gasteiger partial charge in [-0.15, -0.1) is 0 Å². The van der Waals surface area contributed by atoms with Gasteiger partial charge in [0.15, 0.2) is 0 Å². The molecule has 30 heavy (non-hydrogen) atoms. The van der Waals surface area contributed by atoms with E-state index >= 15 is 0 Å². The van der Waals surface area contributed by atoms with E-state index in [4.69, 9.17) is 9.47 Å². The van der Waals surface area contributed by atoms with E-state index in [0.717, 1.165) is 16.8 Å². The van der Waals surface area contributed by atoms with Crippen LogP contribution in [0, 0.1) is 45.4 Å². The molecule has 0 N–H and O–H groups in total. The molecule has 4 aliphatic heterocycles. The second kappa shape index (κ2) is 6.08. The van der Waals surface area contributed by atoms with Gasteiger partial charge in [0.25, 0.3) is 0 Å². The summed E-state index contributed by atoms with van der Waals surface area (Å²) in [6.45, 7) is 10.8. The number of nitrogens with zero attached hydrogens (tertiary/aromatic N) is 1. The van der Waals surface area contributed by atoms with Gasteiger partial charge < -0.3 is 9.47 Å². The first-order chi connectivity index (χ1) is 13.9. The van der Waals surface area contributed by atoms with E-state index in [1.54, 1.807) is 0 Å². The molecule has 1 aromatic carbocycles. The molecule has 0 aromatic heterocycles. The van der Waals surface area contributed by atoms with Crippen molar-refractivity contribution in [2.75, 3.05) is 23.5 Å². The number of amides is 1. The van der Waals surface area contributed by atoms with Crippen LogP contribution in [0.5, 0.6) is 0 Å². The van der Waals surface area contributed by atoms with Gasteiger partial charge in [0.1, 0.15) is 16.1 Å². The number of hydrogen-bond donors (Lipinski definition) is 0. The lowest BCUT2D eigenvalue weighted by molar-refractivity contribution is -0.140. The van der Waals surface area contributed by atoms with Crippen LogP contribution >= 0.6 is 0 Å². The van der Waals surface area contributed by atoms with E-state index in [9.17, 15) is 13.2 Å². The minimum atomic E-state index is -3.17. The number of anilines is 1. The SMILES string of the molecule is Cc1cc(N2C(=O)[C@H]3[C@H]4[C@@H]2OCC[C@]42C[C@@H](CS(C)(=O)=O)[C@@]3(C)O2)c(C)c(C)c1C. The first-order valence-corrected chi connectivity index (χ1v) is 12.9. The van der Waals surface area contributed by atoms with Crippen LogP contribution < -0.4 is 4.90 Å². The van der Waals surface area contributed by atoms with Crippen molar-refractivity contribution in [2.45, 2.75) is 64.9 Å². The highest BCUT2D eigenvalue weighted by molar-refractivity contribution is 7.90. The lowest BCUT2D eigenvalue weighted by atomic mass is 9.62. The minimum Gasteiger partial charge on any atom is -0.367 e. The maximum Gasteiger partial charge on any atom is 0.235 e. The highest BCUT2D eigenvalue weighted by Crippen LogP contribution is 2.67. The van der Waals surface area contributed by atoms with Crippen LogP contribution in [0.3, 0.4) is 0 Å². The third-order valence-corrected chi connectivity index (χ3v) is 9.51. The molecular formula is C23H31NO5S. The zero-order valence-corrected chi connectivity index (χ0v) is 19.4. The van der Waals surface area contributed by atoms with Gasteiger partial charge >= 0.3 is 0 Å². The van der Waals surface area contributed by atoms with Gasteiger partial charge in [-0.25, -0.2) is 8.42 Å². The number of ether oxygens (including phenoxy) is 2. The monoisotopic (exact) mass is 433 g/mol. The molecule has 0 aliphatic carbocycles. The summed E-state index contributed by atoms with van der Waals surface area (Å²) in [5.41, 5.74) is 4.37. The van der Waals surface area contributed by atoms with Crippen LogP contribution in [0.25, 0.3) is 0 Å². The van der Waals surface area contributed by atoms with Gasteiger partial charge in [-0.2, -0.15) is 0 Å². The molecule has 1 spiro atoms. The van der Waals surface area contributed by atoms with Crippen LogP contribution in [-0.2, 0) is 24.1 Å².